The van der Waals surface area contributed by atoms with Crippen molar-refractivity contribution in [1.29, 1.82) is 0 Å². The molecule has 5 heteroatoms. The number of pyridine rings is 2. The molecule has 2 N–H and O–H groups in total. The lowest BCUT2D eigenvalue weighted by Gasteiger charge is -2.36. The normalized spacial score (nSPS) is 16.1. The highest BCUT2D eigenvalue weighted by Gasteiger charge is 2.24. The summed E-state index contributed by atoms with van der Waals surface area (Å²) in [7, 11) is 2.17. The van der Waals surface area contributed by atoms with Crippen LogP contribution >= 0.6 is 0 Å². The highest BCUT2D eigenvalue weighted by Crippen LogP contribution is 2.31. The topological polar surface area (TPSA) is 53.1 Å². The van der Waals surface area contributed by atoms with Crippen LogP contribution < -0.4 is 10.6 Å². The van der Waals surface area contributed by atoms with Gasteiger partial charge in [0.2, 0.25) is 0 Å². The van der Waals surface area contributed by atoms with Gasteiger partial charge < -0.3 is 15.5 Å². The van der Waals surface area contributed by atoms with Crippen molar-refractivity contribution in [1.82, 2.24) is 20.2 Å². The standard InChI is InChI=1S/C24H25N5/c1-16-3-4-19(12-26-16)23-11-18-9-10-25-13-22(18)24(28-23)27-21-7-5-17(6-8-21)20-14-29(2)15-20/h3-12,20,25H,13-15H2,1-2H3,(H,27,28). The van der Waals surface area contributed by atoms with Gasteiger partial charge in [-0.05, 0) is 67.7 Å². The molecule has 0 saturated carbocycles. The summed E-state index contributed by atoms with van der Waals surface area (Å²) in [6.07, 6.45) is 5.99. The monoisotopic (exact) mass is 383 g/mol. The van der Waals surface area contributed by atoms with Crippen molar-refractivity contribution in [2.45, 2.75) is 19.4 Å². The highest BCUT2D eigenvalue weighted by atomic mass is 15.2. The third-order valence-electron chi connectivity index (χ3n) is 5.73. The van der Waals surface area contributed by atoms with Gasteiger partial charge >= 0.3 is 0 Å². The van der Waals surface area contributed by atoms with Crippen LogP contribution in [0, 0.1) is 6.92 Å². The van der Waals surface area contributed by atoms with Gasteiger partial charge in [0.15, 0.2) is 0 Å². The minimum Gasteiger partial charge on any atom is -0.387 e. The zero-order valence-corrected chi connectivity index (χ0v) is 16.8. The van der Waals surface area contributed by atoms with Gasteiger partial charge in [-0.25, -0.2) is 4.98 Å². The Balaban J connectivity index is 1.46. The fourth-order valence-corrected chi connectivity index (χ4v) is 3.99. The van der Waals surface area contributed by atoms with E-state index in [0.29, 0.717) is 5.92 Å². The van der Waals surface area contributed by atoms with Gasteiger partial charge in [-0.3, -0.25) is 4.98 Å². The number of benzene rings is 1. The Morgan fingerprint density at radius 3 is 2.66 bits per heavy atom. The molecule has 3 aromatic rings. The Morgan fingerprint density at radius 2 is 1.93 bits per heavy atom. The first-order chi connectivity index (χ1) is 14.2. The van der Waals surface area contributed by atoms with E-state index < -0.39 is 0 Å². The number of likely N-dealkylation sites (N-methyl/N-ethyl adjacent to an activating group) is 1. The minimum atomic E-state index is 0.659. The number of hydrogen-bond acceptors (Lipinski definition) is 5. The van der Waals surface area contributed by atoms with Crippen molar-refractivity contribution < 1.29 is 0 Å². The quantitative estimate of drug-likeness (QED) is 0.704. The Labute approximate surface area is 171 Å². The van der Waals surface area contributed by atoms with Crippen LogP contribution in [0.5, 0.6) is 0 Å². The molecule has 0 atom stereocenters. The molecule has 0 aliphatic carbocycles. The molecule has 1 aromatic carbocycles. The Hall–Kier alpha value is -3.18. The lowest BCUT2D eigenvalue weighted by Crippen LogP contribution is -2.41. The molecule has 4 heterocycles. The van der Waals surface area contributed by atoms with Crippen LogP contribution in [0.15, 0.2) is 54.9 Å². The van der Waals surface area contributed by atoms with E-state index in [9.17, 15) is 0 Å². The highest BCUT2D eigenvalue weighted by molar-refractivity contribution is 5.73. The van der Waals surface area contributed by atoms with Gasteiger partial charge in [0, 0.05) is 54.3 Å². The van der Waals surface area contributed by atoms with Crippen molar-refractivity contribution in [2.75, 3.05) is 25.5 Å². The predicted molar refractivity (Wildman–Crippen MR) is 118 cm³/mol. The molecule has 0 spiro atoms. The molecule has 0 bridgehead atoms. The molecular formula is C24H25N5. The number of fused-ring (bicyclic) bond motifs is 1. The van der Waals surface area contributed by atoms with Crippen LogP contribution in [0.25, 0.3) is 17.3 Å². The summed E-state index contributed by atoms with van der Waals surface area (Å²) in [5.74, 6) is 1.55. The van der Waals surface area contributed by atoms with E-state index in [1.165, 1.54) is 16.7 Å². The van der Waals surface area contributed by atoms with Crippen molar-refractivity contribution in [3.63, 3.8) is 0 Å². The van der Waals surface area contributed by atoms with Crippen LogP contribution in [-0.2, 0) is 6.54 Å². The molecule has 2 aromatic heterocycles. The van der Waals surface area contributed by atoms with Crippen LogP contribution in [0.3, 0.4) is 0 Å². The second kappa shape index (κ2) is 7.33. The molecule has 146 valence electrons. The summed E-state index contributed by atoms with van der Waals surface area (Å²) in [6.45, 7) is 5.05. The smallest absolute Gasteiger partial charge is 0.136 e. The van der Waals surface area contributed by atoms with E-state index in [-0.39, 0.29) is 0 Å². The molecule has 1 saturated heterocycles. The second-order valence-electron chi connectivity index (χ2n) is 7.99. The Bertz CT molecular complexity index is 1050. The second-order valence-corrected chi connectivity index (χ2v) is 7.99. The van der Waals surface area contributed by atoms with Gasteiger partial charge in [-0.2, -0.15) is 0 Å². The van der Waals surface area contributed by atoms with Crippen LogP contribution in [0.2, 0.25) is 0 Å². The van der Waals surface area contributed by atoms with E-state index in [2.05, 4.69) is 70.0 Å². The minimum absolute atomic E-state index is 0.659. The van der Waals surface area contributed by atoms with E-state index in [1.54, 1.807) is 0 Å². The Kier molecular flexibility index (Phi) is 4.52. The number of rotatable bonds is 4. The fraction of sp³-hybridized carbons (Fsp3) is 0.250. The van der Waals surface area contributed by atoms with E-state index >= 15 is 0 Å². The lowest BCUT2D eigenvalue weighted by atomic mass is 9.92. The third kappa shape index (κ3) is 3.61. The maximum absolute atomic E-state index is 4.94. The Morgan fingerprint density at radius 1 is 1.10 bits per heavy atom. The predicted octanol–water partition coefficient (Wildman–Crippen LogP) is 4.30. The number of anilines is 2. The summed E-state index contributed by atoms with van der Waals surface area (Å²) in [4.78, 5) is 11.7. The van der Waals surface area contributed by atoms with Crippen molar-refractivity contribution in [3.05, 3.63) is 77.2 Å². The maximum Gasteiger partial charge on any atom is 0.136 e. The largest absolute Gasteiger partial charge is 0.387 e. The first kappa shape index (κ1) is 17.9. The lowest BCUT2D eigenvalue weighted by molar-refractivity contribution is 0.190. The summed E-state index contributed by atoms with van der Waals surface area (Å²) >= 11 is 0. The molecule has 0 radical (unpaired) electrons. The van der Waals surface area contributed by atoms with Gasteiger partial charge in [0.25, 0.3) is 0 Å². The van der Waals surface area contributed by atoms with Crippen molar-refractivity contribution >= 4 is 17.6 Å². The zero-order valence-electron chi connectivity index (χ0n) is 16.8. The van der Waals surface area contributed by atoms with Crippen molar-refractivity contribution in [2.24, 2.45) is 0 Å². The van der Waals surface area contributed by atoms with Gasteiger partial charge in [0.1, 0.15) is 5.82 Å². The maximum atomic E-state index is 4.94. The number of aromatic nitrogens is 2. The zero-order chi connectivity index (χ0) is 19.8. The molecule has 5 rings (SSSR count). The third-order valence-corrected chi connectivity index (χ3v) is 5.73. The molecule has 0 amide bonds. The van der Waals surface area contributed by atoms with E-state index in [1.807, 2.05) is 25.4 Å². The average Bonchev–Trinajstić information content (AvgIpc) is 2.73. The summed E-state index contributed by atoms with van der Waals surface area (Å²) in [5.41, 5.74) is 7.80. The summed E-state index contributed by atoms with van der Waals surface area (Å²) < 4.78 is 0. The SMILES string of the molecule is Cc1ccc(-c2cc3c(c(Nc4ccc(C5CN(C)C5)cc4)n2)CNC=C3)cn1. The number of aryl methyl sites for hydroxylation is 1. The van der Waals surface area contributed by atoms with Crippen LogP contribution in [0.1, 0.15) is 28.3 Å². The first-order valence-corrected chi connectivity index (χ1v) is 10.1. The molecule has 2 aliphatic heterocycles. The first-order valence-electron chi connectivity index (χ1n) is 10.1. The van der Waals surface area contributed by atoms with Gasteiger partial charge in [-0.15, -0.1) is 0 Å². The molecule has 1 fully saturated rings. The number of likely N-dealkylation sites (tertiary alicyclic amines) is 1. The molecule has 0 unspecified atom stereocenters. The average molecular weight is 383 g/mol. The fourth-order valence-electron chi connectivity index (χ4n) is 3.99. The number of hydrogen-bond donors (Lipinski definition) is 2. The summed E-state index contributed by atoms with van der Waals surface area (Å²) in [6, 6.07) is 15.0. The van der Waals surface area contributed by atoms with Gasteiger partial charge in [0.05, 0.1) is 5.69 Å². The van der Waals surface area contributed by atoms with E-state index in [4.69, 9.17) is 4.98 Å². The molecule has 2 aliphatic rings. The number of nitrogens with one attached hydrogen (secondary N) is 2. The van der Waals surface area contributed by atoms with E-state index in [0.717, 1.165) is 48.1 Å². The molecule has 29 heavy (non-hydrogen) atoms. The van der Waals surface area contributed by atoms with Crippen LogP contribution in [-0.4, -0.2) is 35.0 Å². The van der Waals surface area contributed by atoms with Gasteiger partial charge in [-0.1, -0.05) is 12.1 Å². The van der Waals surface area contributed by atoms with Crippen LogP contribution in [0.4, 0.5) is 11.5 Å². The molecule has 5 nitrogen and oxygen atoms in total. The number of nitrogens with zero attached hydrogens (tertiary/aromatic N) is 3. The molecular weight excluding hydrogens is 358 g/mol. The van der Waals surface area contributed by atoms with Crippen molar-refractivity contribution in [3.8, 4) is 11.3 Å². The summed E-state index contributed by atoms with van der Waals surface area (Å²) in [5, 5.41) is 6.85.